The maximum absolute atomic E-state index is 13.3. The summed E-state index contributed by atoms with van der Waals surface area (Å²) in [5.74, 6) is -1.93. The van der Waals surface area contributed by atoms with Crippen molar-refractivity contribution in [2.75, 3.05) is 13.6 Å². The molecular formula is C25H31FN4O4. The number of hydrogen-bond acceptors (Lipinski definition) is 5. The molecule has 1 aromatic heterocycles. The number of nitrogens with zero attached hydrogens (tertiary/aromatic N) is 2. The van der Waals surface area contributed by atoms with E-state index in [1.54, 1.807) is 4.90 Å². The van der Waals surface area contributed by atoms with Crippen molar-refractivity contribution in [3.8, 4) is 5.75 Å². The molecule has 2 heterocycles. The number of fused-ring (bicyclic) bond motifs is 1. The first-order chi connectivity index (χ1) is 16.2. The van der Waals surface area contributed by atoms with E-state index in [1.807, 2.05) is 20.0 Å². The lowest BCUT2D eigenvalue weighted by Gasteiger charge is -2.34. The standard InChI is InChI=1S/C25H31FN4O4/c1-5-18-13-29-14-19(24(33)28-12-16-6-8-17(26)9-7-16)22(31)23(32)21(29)25(34)30(18)11-10-20(27-4)15(2)3/h5-9,14-15,20,27,32H,10-13H2,1-4H3,(H,28,33)/b18-5+/t20-/m1/s1. The zero-order valence-electron chi connectivity index (χ0n) is 19.9. The number of amides is 2. The largest absolute Gasteiger partial charge is 0.503 e. The van der Waals surface area contributed by atoms with Gasteiger partial charge in [-0.25, -0.2) is 4.39 Å². The monoisotopic (exact) mass is 470 g/mol. The van der Waals surface area contributed by atoms with Crippen LogP contribution in [0.4, 0.5) is 4.39 Å². The van der Waals surface area contributed by atoms with Gasteiger partial charge in [0.25, 0.3) is 11.8 Å². The van der Waals surface area contributed by atoms with Gasteiger partial charge in [0.2, 0.25) is 5.43 Å². The van der Waals surface area contributed by atoms with Gasteiger partial charge >= 0.3 is 0 Å². The highest BCUT2D eigenvalue weighted by molar-refractivity contribution is 5.99. The van der Waals surface area contributed by atoms with Gasteiger partial charge in [-0.15, -0.1) is 0 Å². The summed E-state index contributed by atoms with van der Waals surface area (Å²) in [6.45, 7) is 6.75. The van der Waals surface area contributed by atoms with E-state index in [4.69, 9.17) is 0 Å². The molecule has 0 saturated carbocycles. The first-order valence-electron chi connectivity index (χ1n) is 11.3. The molecule has 0 fully saturated rings. The Morgan fingerprint density at radius 3 is 2.50 bits per heavy atom. The van der Waals surface area contributed by atoms with Crippen LogP contribution < -0.4 is 16.1 Å². The molecule has 1 aromatic carbocycles. The van der Waals surface area contributed by atoms with Crippen LogP contribution in [0.3, 0.4) is 0 Å². The Bertz CT molecular complexity index is 1150. The quantitative estimate of drug-likeness (QED) is 0.550. The predicted molar refractivity (Wildman–Crippen MR) is 127 cm³/mol. The molecule has 2 aromatic rings. The second kappa shape index (κ2) is 10.6. The Morgan fingerprint density at radius 2 is 1.91 bits per heavy atom. The van der Waals surface area contributed by atoms with Crippen LogP contribution in [-0.4, -0.2) is 46.0 Å². The van der Waals surface area contributed by atoms with Gasteiger partial charge in [0.05, 0.1) is 6.54 Å². The van der Waals surface area contributed by atoms with E-state index in [-0.39, 0.29) is 30.4 Å². The minimum atomic E-state index is -0.907. The number of benzene rings is 1. The highest BCUT2D eigenvalue weighted by Crippen LogP contribution is 2.26. The zero-order valence-corrected chi connectivity index (χ0v) is 19.9. The maximum atomic E-state index is 13.3. The average Bonchev–Trinajstić information content (AvgIpc) is 2.81. The average molecular weight is 471 g/mol. The number of aromatic hydroxyl groups is 1. The van der Waals surface area contributed by atoms with Crippen molar-refractivity contribution in [3.63, 3.8) is 0 Å². The molecular weight excluding hydrogens is 439 g/mol. The molecule has 3 rings (SSSR count). The maximum Gasteiger partial charge on any atom is 0.278 e. The summed E-state index contributed by atoms with van der Waals surface area (Å²) in [5.41, 5.74) is 0.0684. The minimum absolute atomic E-state index is 0.0797. The van der Waals surface area contributed by atoms with Crippen molar-refractivity contribution in [3.05, 3.63) is 75.1 Å². The summed E-state index contributed by atoms with van der Waals surface area (Å²) in [7, 11) is 1.88. The number of hydrogen-bond donors (Lipinski definition) is 3. The van der Waals surface area contributed by atoms with Gasteiger partial charge in [0, 0.05) is 31.0 Å². The Balaban J connectivity index is 1.85. The fraction of sp³-hybridized carbons (Fsp3) is 0.400. The highest BCUT2D eigenvalue weighted by Gasteiger charge is 2.33. The molecule has 1 aliphatic heterocycles. The normalized spacial score (nSPS) is 15.5. The number of pyridine rings is 1. The van der Waals surface area contributed by atoms with E-state index < -0.39 is 28.8 Å². The molecule has 9 heteroatoms. The Hall–Kier alpha value is -3.46. The number of aromatic nitrogens is 1. The number of rotatable bonds is 8. The molecule has 182 valence electrons. The lowest BCUT2D eigenvalue weighted by Crippen LogP contribution is -2.43. The third-order valence-electron chi connectivity index (χ3n) is 6.17. The topological polar surface area (TPSA) is 104 Å². The van der Waals surface area contributed by atoms with Gasteiger partial charge in [-0.2, -0.15) is 0 Å². The van der Waals surface area contributed by atoms with Crippen LogP contribution in [0.1, 0.15) is 53.6 Å². The minimum Gasteiger partial charge on any atom is -0.503 e. The van der Waals surface area contributed by atoms with Crippen molar-refractivity contribution in [1.82, 2.24) is 20.1 Å². The summed E-state index contributed by atoms with van der Waals surface area (Å²) in [4.78, 5) is 40.3. The number of allylic oxidation sites excluding steroid dienone is 2. The summed E-state index contributed by atoms with van der Waals surface area (Å²) in [6, 6.07) is 5.80. The van der Waals surface area contributed by atoms with Crippen molar-refractivity contribution in [1.29, 1.82) is 0 Å². The van der Waals surface area contributed by atoms with Gasteiger partial charge in [-0.05, 0) is 44.0 Å². The van der Waals surface area contributed by atoms with Crippen LogP contribution in [0.5, 0.6) is 5.75 Å². The van der Waals surface area contributed by atoms with Gasteiger partial charge in [0.15, 0.2) is 11.4 Å². The molecule has 0 bridgehead atoms. The highest BCUT2D eigenvalue weighted by atomic mass is 19.1. The Labute approximate surface area is 198 Å². The molecule has 0 spiro atoms. The van der Waals surface area contributed by atoms with E-state index in [0.29, 0.717) is 24.4 Å². The molecule has 2 amide bonds. The number of carbonyl (C=O) groups is 2. The van der Waals surface area contributed by atoms with Crippen LogP contribution in [0.25, 0.3) is 0 Å². The van der Waals surface area contributed by atoms with Gasteiger partial charge < -0.3 is 25.2 Å². The summed E-state index contributed by atoms with van der Waals surface area (Å²) in [5, 5.41) is 16.5. The third kappa shape index (κ3) is 5.20. The molecule has 8 nitrogen and oxygen atoms in total. The second-order valence-electron chi connectivity index (χ2n) is 8.67. The zero-order chi connectivity index (χ0) is 25.0. The molecule has 0 unspecified atom stereocenters. The lowest BCUT2D eigenvalue weighted by atomic mass is 10.0. The SMILES string of the molecule is C/C=C1\Cn2cc(C(=O)NCc3ccc(F)cc3)c(=O)c(O)c2C(=O)N1CC[C@@H](NC)C(C)C. The molecule has 1 atom stereocenters. The number of halogens is 1. The summed E-state index contributed by atoms with van der Waals surface area (Å²) in [6.07, 6.45) is 3.82. The van der Waals surface area contributed by atoms with Gasteiger partial charge in [-0.1, -0.05) is 32.1 Å². The van der Waals surface area contributed by atoms with Crippen molar-refractivity contribution >= 4 is 11.8 Å². The summed E-state index contributed by atoms with van der Waals surface area (Å²) < 4.78 is 14.5. The van der Waals surface area contributed by atoms with Crippen molar-refractivity contribution < 1.29 is 19.1 Å². The van der Waals surface area contributed by atoms with Crippen LogP contribution in [0, 0.1) is 11.7 Å². The smallest absolute Gasteiger partial charge is 0.278 e. The van der Waals surface area contributed by atoms with Crippen molar-refractivity contribution in [2.24, 2.45) is 5.92 Å². The number of nitrogens with one attached hydrogen (secondary N) is 2. The molecule has 0 aliphatic carbocycles. The molecule has 0 radical (unpaired) electrons. The Kier molecular flexibility index (Phi) is 7.88. The Morgan fingerprint density at radius 1 is 1.24 bits per heavy atom. The molecule has 3 N–H and O–H groups in total. The molecule has 0 saturated heterocycles. The lowest BCUT2D eigenvalue weighted by molar-refractivity contribution is 0.0748. The fourth-order valence-corrected chi connectivity index (χ4v) is 4.13. The molecule has 1 aliphatic rings. The predicted octanol–water partition coefficient (Wildman–Crippen LogP) is 2.62. The number of carbonyl (C=O) groups excluding carboxylic acids is 2. The van der Waals surface area contributed by atoms with Gasteiger partial charge in [-0.3, -0.25) is 14.4 Å². The van der Waals surface area contributed by atoms with E-state index in [9.17, 15) is 23.9 Å². The third-order valence-corrected chi connectivity index (χ3v) is 6.17. The van der Waals surface area contributed by atoms with E-state index in [0.717, 1.165) is 5.70 Å². The van der Waals surface area contributed by atoms with E-state index in [1.165, 1.54) is 35.0 Å². The molecule has 34 heavy (non-hydrogen) atoms. The fourth-order valence-electron chi connectivity index (χ4n) is 4.13. The first-order valence-corrected chi connectivity index (χ1v) is 11.3. The van der Waals surface area contributed by atoms with Crippen LogP contribution in [0.15, 0.2) is 47.0 Å². The van der Waals surface area contributed by atoms with Crippen molar-refractivity contribution in [2.45, 2.75) is 46.3 Å². The second-order valence-corrected chi connectivity index (χ2v) is 8.67. The van der Waals surface area contributed by atoms with Crippen LogP contribution in [0.2, 0.25) is 0 Å². The van der Waals surface area contributed by atoms with Crippen LogP contribution in [-0.2, 0) is 13.1 Å². The van der Waals surface area contributed by atoms with E-state index >= 15 is 0 Å². The summed E-state index contributed by atoms with van der Waals surface area (Å²) >= 11 is 0. The van der Waals surface area contributed by atoms with Crippen LogP contribution >= 0.6 is 0 Å². The van der Waals surface area contributed by atoms with E-state index in [2.05, 4.69) is 24.5 Å². The first kappa shape index (κ1) is 25.2. The van der Waals surface area contributed by atoms with Gasteiger partial charge in [0.1, 0.15) is 11.4 Å².